The molecule has 1 saturated heterocycles. The summed E-state index contributed by atoms with van der Waals surface area (Å²) in [6.45, 7) is -0.178. The van der Waals surface area contributed by atoms with E-state index in [1.54, 1.807) is 19.1 Å². The molecular weight excluding hydrogens is 332 g/mol. The van der Waals surface area contributed by atoms with Crippen LogP contribution in [0.1, 0.15) is 24.8 Å². The summed E-state index contributed by atoms with van der Waals surface area (Å²) in [5.74, 6) is 0.0759. The number of carbonyl (C=O) groups is 1. The number of methoxy groups -OCH3 is 1. The molecular formula is C15H20ClF2NO4. The molecule has 23 heavy (non-hydrogen) atoms. The van der Waals surface area contributed by atoms with Crippen molar-refractivity contribution < 1.29 is 27.8 Å². The minimum atomic E-state index is -2.90. The summed E-state index contributed by atoms with van der Waals surface area (Å²) >= 11 is 0. The summed E-state index contributed by atoms with van der Waals surface area (Å²) in [5.41, 5.74) is 0.906. The first-order valence-corrected chi connectivity index (χ1v) is 7.08. The zero-order chi connectivity index (χ0) is 16.1. The maximum atomic E-state index is 12.4. The van der Waals surface area contributed by atoms with Gasteiger partial charge in [-0.1, -0.05) is 6.07 Å². The Balaban J connectivity index is 0.00000264. The maximum Gasteiger partial charge on any atom is 0.387 e. The molecule has 5 nitrogen and oxygen atoms in total. The molecule has 1 heterocycles. The molecule has 0 amide bonds. The molecule has 0 aromatic heterocycles. The Hall–Kier alpha value is -1.60. The van der Waals surface area contributed by atoms with Gasteiger partial charge in [-0.15, -0.1) is 12.4 Å². The van der Waals surface area contributed by atoms with Crippen molar-refractivity contribution in [2.24, 2.45) is 0 Å². The third-order valence-corrected chi connectivity index (χ3v) is 3.57. The molecule has 0 bridgehead atoms. The zero-order valence-corrected chi connectivity index (χ0v) is 13.7. The lowest BCUT2D eigenvalue weighted by Gasteiger charge is -2.15. The normalized spacial score (nSPS) is 20.0. The van der Waals surface area contributed by atoms with Gasteiger partial charge in [0.15, 0.2) is 11.5 Å². The fourth-order valence-electron chi connectivity index (χ4n) is 2.55. The van der Waals surface area contributed by atoms with E-state index in [1.807, 2.05) is 0 Å². The van der Waals surface area contributed by atoms with Crippen molar-refractivity contribution in [1.82, 2.24) is 5.32 Å². The van der Waals surface area contributed by atoms with E-state index in [-0.39, 0.29) is 41.8 Å². The van der Waals surface area contributed by atoms with E-state index in [0.717, 1.165) is 5.56 Å². The van der Waals surface area contributed by atoms with Gasteiger partial charge in [0.25, 0.3) is 0 Å². The van der Waals surface area contributed by atoms with Crippen LogP contribution in [-0.4, -0.2) is 38.9 Å². The highest BCUT2D eigenvalue weighted by molar-refractivity contribution is 5.85. The highest BCUT2D eigenvalue weighted by atomic mass is 35.5. The molecule has 1 aromatic carbocycles. The van der Waals surface area contributed by atoms with Crippen LogP contribution in [0.2, 0.25) is 0 Å². The Morgan fingerprint density at radius 2 is 2.13 bits per heavy atom. The summed E-state index contributed by atoms with van der Waals surface area (Å²) in [6.07, 6.45) is 0.591. The Kier molecular flexibility index (Phi) is 7.51. The molecule has 1 aromatic rings. The lowest BCUT2D eigenvalue weighted by atomic mass is 9.96. The van der Waals surface area contributed by atoms with E-state index in [4.69, 9.17) is 9.47 Å². The molecule has 8 heteroatoms. The number of rotatable bonds is 6. The second kappa shape index (κ2) is 8.88. The first-order chi connectivity index (χ1) is 10.5. The standard InChI is InChI=1S/C15H19F2NO4.ClH/c1-3-21-13-7-9(4-5-12(13)22-15(16)17)10-6-11(18-8-10)14(19)20-2;/h4-5,7,10-11,15,18H,3,6,8H2,1-2H3;1H/t10?,11-;/m1./s1. The van der Waals surface area contributed by atoms with Crippen molar-refractivity contribution in [3.05, 3.63) is 23.8 Å². The van der Waals surface area contributed by atoms with Crippen molar-refractivity contribution in [3.8, 4) is 11.5 Å². The van der Waals surface area contributed by atoms with Crippen LogP contribution >= 0.6 is 12.4 Å². The molecule has 1 aliphatic heterocycles. The van der Waals surface area contributed by atoms with Gasteiger partial charge < -0.3 is 19.5 Å². The summed E-state index contributed by atoms with van der Waals surface area (Å²) in [6, 6.07) is 4.53. The van der Waals surface area contributed by atoms with E-state index in [2.05, 4.69) is 10.1 Å². The van der Waals surface area contributed by atoms with Gasteiger partial charge in [-0.3, -0.25) is 4.79 Å². The average Bonchev–Trinajstić information content (AvgIpc) is 2.98. The number of carbonyl (C=O) groups excluding carboxylic acids is 1. The van der Waals surface area contributed by atoms with E-state index in [1.165, 1.54) is 13.2 Å². The van der Waals surface area contributed by atoms with Gasteiger partial charge in [-0.25, -0.2) is 0 Å². The maximum absolute atomic E-state index is 12.4. The smallest absolute Gasteiger partial charge is 0.387 e. The monoisotopic (exact) mass is 351 g/mol. The zero-order valence-electron chi connectivity index (χ0n) is 12.9. The molecule has 0 aliphatic carbocycles. The largest absolute Gasteiger partial charge is 0.490 e. The first kappa shape index (κ1) is 19.4. The van der Waals surface area contributed by atoms with Crippen molar-refractivity contribution in [3.63, 3.8) is 0 Å². The summed E-state index contributed by atoms with van der Waals surface area (Å²) < 4.78 is 39.3. The van der Waals surface area contributed by atoms with Crippen LogP contribution < -0.4 is 14.8 Å². The second-order valence-electron chi connectivity index (χ2n) is 4.93. The molecule has 1 N–H and O–H groups in total. The number of alkyl halides is 2. The third-order valence-electron chi connectivity index (χ3n) is 3.57. The molecule has 1 fully saturated rings. The Labute approximate surface area is 139 Å². The molecule has 0 saturated carbocycles. The number of hydrogen-bond acceptors (Lipinski definition) is 5. The predicted octanol–water partition coefficient (Wildman–Crippen LogP) is 2.73. The summed E-state index contributed by atoms with van der Waals surface area (Å²) in [7, 11) is 1.35. The number of benzene rings is 1. The minimum absolute atomic E-state index is 0. The Morgan fingerprint density at radius 1 is 1.39 bits per heavy atom. The average molecular weight is 352 g/mol. The second-order valence-corrected chi connectivity index (χ2v) is 4.93. The third kappa shape index (κ3) is 4.94. The van der Waals surface area contributed by atoms with Crippen molar-refractivity contribution in [2.75, 3.05) is 20.3 Å². The van der Waals surface area contributed by atoms with Gasteiger partial charge in [0.2, 0.25) is 0 Å². The van der Waals surface area contributed by atoms with Crippen LogP contribution in [0.25, 0.3) is 0 Å². The fraction of sp³-hybridized carbons (Fsp3) is 0.533. The topological polar surface area (TPSA) is 56.8 Å². The lowest BCUT2D eigenvalue weighted by Crippen LogP contribution is -2.31. The predicted molar refractivity (Wildman–Crippen MR) is 82.7 cm³/mol. The SMILES string of the molecule is CCOc1cc(C2CN[C@@H](C(=O)OC)C2)ccc1OC(F)F.Cl. The van der Waals surface area contributed by atoms with Crippen molar-refractivity contribution in [2.45, 2.75) is 31.9 Å². The van der Waals surface area contributed by atoms with Gasteiger partial charge >= 0.3 is 12.6 Å². The molecule has 1 aliphatic rings. The van der Waals surface area contributed by atoms with Gasteiger partial charge in [0.1, 0.15) is 6.04 Å². The number of ether oxygens (including phenoxy) is 3. The quantitative estimate of drug-likeness (QED) is 0.799. The molecule has 2 rings (SSSR count). The number of nitrogens with one attached hydrogen (secondary N) is 1. The highest BCUT2D eigenvalue weighted by Crippen LogP contribution is 2.35. The van der Waals surface area contributed by atoms with E-state index in [9.17, 15) is 13.6 Å². The lowest BCUT2D eigenvalue weighted by molar-refractivity contribution is -0.142. The molecule has 2 atom stereocenters. The van der Waals surface area contributed by atoms with E-state index >= 15 is 0 Å². The van der Waals surface area contributed by atoms with Crippen LogP contribution in [0.4, 0.5) is 8.78 Å². The number of halogens is 3. The van der Waals surface area contributed by atoms with Gasteiger partial charge in [0, 0.05) is 6.54 Å². The molecule has 130 valence electrons. The highest BCUT2D eigenvalue weighted by Gasteiger charge is 2.31. The minimum Gasteiger partial charge on any atom is -0.490 e. The van der Waals surface area contributed by atoms with E-state index < -0.39 is 6.61 Å². The molecule has 0 spiro atoms. The van der Waals surface area contributed by atoms with Crippen LogP contribution in [0.3, 0.4) is 0 Å². The summed E-state index contributed by atoms with van der Waals surface area (Å²) in [4.78, 5) is 11.5. The van der Waals surface area contributed by atoms with Gasteiger partial charge in [0.05, 0.1) is 13.7 Å². The van der Waals surface area contributed by atoms with Crippen molar-refractivity contribution in [1.29, 1.82) is 0 Å². The first-order valence-electron chi connectivity index (χ1n) is 7.08. The molecule has 0 radical (unpaired) electrons. The van der Waals surface area contributed by atoms with Crippen LogP contribution in [-0.2, 0) is 9.53 Å². The van der Waals surface area contributed by atoms with Crippen LogP contribution in [0.15, 0.2) is 18.2 Å². The number of hydrogen-bond donors (Lipinski definition) is 1. The van der Waals surface area contributed by atoms with E-state index in [0.29, 0.717) is 19.6 Å². The Morgan fingerprint density at radius 3 is 2.74 bits per heavy atom. The van der Waals surface area contributed by atoms with Gasteiger partial charge in [-0.05, 0) is 37.0 Å². The number of esters is 1. The van der Waals surface area contributed by atoms with Gasteiger partial charge in [-0.2, -0.15) is 8.78 Å². The fourth-order valence-corrected chi connectivity index (χ4v) is 2.55. The van der Waals surface area contributed by atoms with Crippen LogP contribution in [0.5, 0.6) is 11.5 Å². The van der Waals surface area contributed by atoms with Crippen LogP contribution in [0, 0.1) is 0 Å². The Bertz CT molecular complexity index is 530. The van der Waals surface area contributed by atoms with Crippen molar-refractivity contribution >= 4 is 18.4 Å². The molecule has 1 unspecified atom stereocenters. The summed E-state index contributed by atoms with van der Waals surface area (Å²) in [5, 5.41) is 3.09.